The molecule has 0 radical (unpaired) electrons. The maximum atomic E-state index is 6.20. The van der Waals surface area contributed by atoms with E-state index < -0.39 is 23.2 Å². The fraction of sp³-hybridized carbons (Fsp3) is 0.0667. The predicted octanol–water partition coefficient (Wildman–Crippen LogP) is 2.77. The molecule has 36 heavy (non-hydrogen) atoms. The van der Waals surface area contributed by atoms with Gasteiger partial charge >= 0.3 is 241 Å². The number of fused-ring (bicyclic) bond motifs is 2. The molecule has 2 unspecified atom stereocenters. The maximum Gasteiger partial charge on any atom is -1.00 e. The van der Waals surface area contributed by atoms with Crippen LogP contribution in [0.1, 0.15) is 45.2 Å². The monoisotopic (exact) mass is 808 g/mol. The number of ether oxygens (including phenoxy) is 1. The van der Waals surface area contributed by atoms with Gasteiger partial charge in [-0.25, -0.2) is 0 Å². The Balaban J connectivity index is 0.00000133. The van der Waals surface area contributed by atoms with Crippen molar-refractivity contribution in [3.63, 3.8) is 0 Å². The van der Waals surface area contributed by atoms with E-state index >= 15 is 0 Å². The van der Waals surface area contributed by atoms with E-state index in [1.165, 1.54) is 40.5 Å². The zero-order chi connectivity index (χ0) is 22.8. The zero-order valence-electron chi connectivity index (χ0n) is 18.8. The number of hydrogen-bond donors (Lipinski definition) is 0. The minimum Gasteiger partial charge on any atom is -1.00 e. The van der Waals surface area contributed by atoms with Crippen molar-refractivity contribution in [2.75, 3.05) is 0 Å². The summed E-state index contributed by atoms with van der Waals surface area (Å²) in [7, 11) is 0. The van der Waals surface area contributed by atoms with E-state index in [1.807, 2.05) is 0 Å². The predicted molar refractivity (Wildman–Crippen MR) is 151 cm³/mol. The molecule has 6 bridgehead atoms. The second kappa shape index (κ2) is 10.7. The number of benzene rings is 4. The van der Waals surface area contributed by atoms with Crippen LogP contribution in [0.25, 0.3) is 12.2 Å². The molecule has 0 fully saturated rings. The molecule has 8 rings (SSSR count). The first-order chi connectivity index (χ1) is 16.7. The third-order valence-corrected chi connectivity index (χ3v) is 12.3. The molecule has 2 heterocycles. The molecule has 6 heteroatoms. The summed E-state index contributed by atoms with van der Waals surface area (Å²) in [5.41, 5.74) is 8.47. The normalized spacial score (nSPS) is 17.7. The third-order valence-electron chi connectivity index (χ3n) is 6.89. The van der Waals surface area contributed by atoms with Gasteiger partial charge in [0, 0.05) is 0 Å². The van der Waals surface area contributed by atoms with Crippen LogP contribution >= 0.6 is 45.2 Å². The van der Waals surface area contributed by atoms with E-state index in [0.29, 0.717) is 11.8 Å². The van der Waals surface area contributed by atoms with Crippen molar-refractivity contribution >= 4 is 57.3 Å². The molecule has 0 saturated heterocycles. The molecule has 4 aliphatic rings. The van der Waals surface area contributed by atoms with Crippen LogP contribution in [-0.2, 0) is 23.2 Å². The molecule has 1 nitrogen and oxygen atoms in total. The van der Waals surface area contributed by atoms with Crippen LogP contribution in [-0.4, -0.2) is 0 Å². The summed E-state index contributed by atoms with van der Waals surface area (Å²) in [6.45, 7) is 0. The molecule has 0 saturated carbocycles. The minimum absolute atomic E-state index is 0. The van der Waals surface area contributed by atoms with Gasteiger partial charge in [-0.1, -0.05) is 0 Å². The van der Waals surface area contributed by atoms with Crippen LogP contribution in [0, 0.1) is 7.14 Å². The maximum absolute atomic E-state index is 6.20. The van der Waals surface area contributed by atoms with Crippen LogP contribution < -0.4 is 29.6 Å². The SMILES string of the molecule is Ic1cccc2c1C(c1ccccc1)[C]([Zr+2][C]1=Cc3cc4cc(I)c3C1c1cccc(c1)O4)=C2.[Cl-].[Cl-]. The molecule has 0 N–H and O–H groups in total. The first kappa shape index (κ1) is 26.7. The number of allylic oxidation sites excluding steroid dienone is 2. The Morgan fingerprint density at radius 3 is 2.06 bits per heavy atom. The number of halogens is 4. The molecule has 2 aliphatic carbocycles. The van der Waals surface area contributed by atoms with Crippen LogP contribution in [0.2, 0.25) is 0 Å². The van der Waals surface area contributed by atoms with Gasteiger partial charge in [0.25, 0.3) is 0 Å². The molecule has 2 aliphatic heterocycles. The first-order valence-corrected chi connectivity index (χ1v) is 15.9. The van der Waals surface area contributed by atoms with Crippen LogP contribution in [0.15, 0.2) is 91.5 Å². The molecular formula is C30H18Cl2I2OZr. The topological polar surface area (TPSA) is 9.23 Å². The quantitative estimate of drug-likeness (QED) is 0.290. The smallest absolute Gasteiger partial charge is 1.00 e. The average molecular weight is 810 g/mol. The summed E-state index contributed by atoms with van der Waals surface area (Å²) in [4.78, 5) is 0. The summed E-state index contributed by atoms with van der Waals surface area (Å²) in [6.07, 6.45) is 5.01. The van der Waals surface area contributed by atoms with E-state index in [4.69, 9.17) is 4.74 Å². The summed E-state index contributed by atoms with van der Waals surface area (Å²) in [6, 6.07) is 31.0. The van der Waals surface area contributed by atoms with Crippen LogP contribution in [0.3, 0.4) is 0 Å². The number of rotatable bonds is 3. The Kier molecular flexibility index (Phi) is 7.92. The van der Waals surface area contributed by atoms with Crippen molar-refractivity contribution in [2.24, 2.45) is 0 Å². The molecule has 0 spiro atoms. The molecule has 176 valence electrons. The third kappa shape index (κ3) is 4.49. The van der Waals surface area contributed by atoms with E-state index in [9.17, 15) is 0 Å². The van der Waals surface area contributed by atoms with Gasteiger partial charge in [-0.3, -0.25) is 0 Å². The Labute approximate surface area is 262 Å². The molecule has 4 aromatic rings. The van der Waals surface area contributed by atoms with Gasteiger partial charge < -0.3 is 24.8 Å². The van der Waals surface area contributed by atoms with Gasteiger partial charge in [0.15, 0.2) is 0 Å². The van der Waals surface area contributed by atoms with Gasteiger partial charge in [0.1, 0.15) is 0 Å². The molecular weight excluding hydrogens is 792 g/mol. The Morgan fingerprint density at radius 2 is 1.25 bits per heavy atom. The fourth-order valence-electron chi connectivity index (χ4n) is 5.51. The van der Waals surface area contributed by atoms with E-state index in [-0.39, 0.29) is 24.8 Å². The summed E-state index contributed by atoms with van der Waals surface area (Å²) < 4.78 is 12.2. The standard InChI is InChI=1S/C15H8IO.C15H10I.2ClH.Zr/c16-14-8-12-7-10-4-5-13(15(10)14)9-2-1-3-11(6-9)17-12;16-14-8-4-7-12-9-10-13(15(12)14)11-5-2-1-3-6-11;;;/h1-4,6-8,13H;1-9,13H;2*1H;/q;;;;+2/p-2. The Hall–Kier alpha value is -0.917. The van der Waals surface area contributed by atoms with Crippen molar-refractivity contribution in [1.29, 1.82) is 0 Å². The van der Waals surface area contributed by atoms with E-state index in [0.717, 1.165) is 11.5 Å². The van der Waals surface area contributed by atoms with Gasteiger partial charge in [0.05, 0.1) is 0 Å². The largest absolute Gasteiger partial charge is 1.00 e. The second-order valence-corrected chi connectivity index (χ2v) is 14.7. The zero-order valence-corrected chi connectivity index (χ0v) is 27.1. The molecule has 2 atom stereocenters. The van der Waals surface area contributed by atoms with Crippen LogP contribution in [0.5, 0.6) is 11.5 Å². The van der Waals surface area contributed by atoms with Gasteiger partial charge in [-0.05, 0) is 0 Å². The number of hydrogen-bond acceptors (Lipinski definition) is 1. The fourth-order valence-corrected chi connectivity index (χ4v) is 11.4. The van der Waals surface area contributed by atoms with E-state index in [1.54, 1.807) is 6.56 Å². The van der Waals surface area contributed by atoms with E-state index in [2.05, 4.69) is 142 Å². The van der Waals surface area contributed by atoms with Gasteiger partial charge in [-0.15, -0.1) is 0 Å². The van der Waals surface area contributed by atoms with Gasteiger partial charge in [0.2, 0.25) is 0 Å². The molecule has 0 aromatic heterocycles. The Bertz CT molecular complexity index is 1550. The summed E-state index contributed by atoms with van der Waals surface area (Å²) >= 11 is 3.97. The molecule has 0 amide bonds. The van der Waals surface area contributed by atoms with Crippen molar-refractivity contribution in [3.05, 3.63) is 132 Å². The summed E-state index contributed by atoms with van der Waals surface area (Å²) in [5.74, 6) is 2.59. The van der Waals surface area contributed by atoms with Crippen molar-refractivity contribution < 1.29 is 52.8 Å². The van der Waals surface area contributed by atoms with Crippen LogP contribution in [0.4, 0.5) is 0 Å². The average Bonchev–Trinajstić information content (AvgIpc) is 3.40. The minimum atomic E-state index is -1.07. The Morgan fingerprint density at radius 1 is 0.583 bits per heavy atom. The molecule has 4 aromatic carbocycles. The van der Waals surface area contributed by atoms with Crippen molar-refractivity contribution in [3.8, 4) is 11.5 Å². The summed E-state index contributed by atoms with van der Waals surface area (Å²) in [5, 5.41) is 0. The van der Waals surface area contributed by atoms with Crippen molar-refractivity contribution in [2.45, 2.75) is 11.8 Å². The van der Waals surface area contributed by atoms with Crippen molar-refractivity contribution in [1.82, 2.24) is 0 Å². The second-order valence-electron chi connectivity index (χ2n) is 8.93. The van der Waals surface area contributed by atoms with Gasteiger partial charge in [-0.2, -0.15) is 0 Å². The first-order valence-electron chi connectivity index (χ1n) is 11.3.